The normalized spacial score (nSPS) is 10.8. The summed E-state index contributed by atoms with van der Waals surface area (Å²) in [6.45, 7) is 6.56. The second-order valence-electron chi connectivity index (χ2n) is 4.45. The first-order chi connectivity index (χ1) is 8.15. The highest BCUT2D eigenvalue weighted by molar-refractivity contribution is 5.42. The van der Waals surface area contributed by atoms with Crippen LogP contribution in [0.3, 0.4) is 0 Å². The highest BCUT2D eigenvalue weighted by Gasteiger charge is 2.02. The molecular formula is C14H23NO2. The van der Waals surface area contributed by atoms with E-state index in [-0.39, 0.29) is 0 Å². The molecule has 0 bridgehead atoms. The zero-order chi connectivity index (χ0) is 12.7. The molecule has 17 heavy (non-hydrogen) atoms. The third-order valence-corrected chi connectivity index (χ3v) is 2.83. The van der Waals surface area contributed by atoms with Crippen LogP contribution in [-0.2, 0) is 11.3 Å². The summed E-state index contributed by atoms with van der Waals surface area (Å²) in [4.78, 5) is 0. The van der Waals surface area contributed by atoms with E-state index in [1.807, 2.05) is 26.0 Å². The first kappa shape index (κ1) is 14.0. The molecule has 96 valence electrons. The number of unbranched alkanes of at least 4 members (excludes halogenated alkanes) is 1. The molecule has 0 aliphatic heterocycles. The van der Waals surface area contributed by atoms with Crippen LogP contribution >= 0.6 is 0 Å². The second kappa shape index (κ2) is 7.30. The second-order valence-corrected chi connectivity index (χ2v) is 4.45. The Morgan fingerprint density at radius 1 is 1.18 bits per heavy atom. The number of phenolic OH excluding ortho intramolecular Hbond substituents is 1. The Hall–Kier alpha value is -1.06. The molecular weight excluding hydrogens is 214 g/mol. The lowest BCUT2D eigenvalue weighted by atomic mass is 10.1. The van der Waals surface area contributed by atoms with E-state index in [9.17, 15) is 5.11 Å². The number of aryl methyl sites for hydroxylation is 2. The topological polar surface area (TPSA) is 41.5 Å². The highest BCUT2D eigenvalue weighted by atomic mass is 16.5. The van der Waals surface area contributed by atoms with Crippen molar-refractivity contribution in [3.8, 4) is 5.75 Å². The molecule has 3 heteroatoms. The van der Waals surface area contributed by atoms with E-state index in [4.69, 9.17) is 4.74 Å². The Balaban J connectivity index is 2.32. The molecule has 0 aromatic heterocycles. The Kier molecular flexibility index (Phi) is 6.01. The number of rotatable bonds is 7. The fourth-order valence-corrected chi connectivity index (χ4v) is 1.88. The van der Waals surface area contributed by atoms with E-state index in [0.29, 0.717) is 5.75 Å². The van der Waals surface area contributed by atoms with Crippen molar-refractivity contribution in [2.45, 2.75) is 33.2 Å². The van der Waals surface area contributed by atoms with Gasteiger partial charge >= 0.3 is 0 Å². The van der Waals surface area contributed by atoms with Crippen LogP contribution in [0.5, 0.6) is 5.75 Å². The van der Waals surface area contributed by atoms with E-state index in [1.165, 1.54) is 5.56 Å². The Bertz CT molecular complexity index is 327. The van der Waals surface area contributed by atoms with Crippen LogP contribution in [0.4, 0.5) is 0 Å². The van der Waals surface area contributed by atoms with Crippen LogP contribution in [0, 0.1) is 13.8 Å². The number of aromatic hydroxyl groups is 1. The van der Waals surface area contributed by atoms with Gasteiger partial charge in [-0.15, -0.1) is 0 Å². The molecule has 0 saturated heterocycles. The largest absolute Gasteiger partial charge is 0.507 e. The molecule has 0 atom stereocenters. The maximum Gasteiger partial charge on any atom is 0.121 e. The van der Waals surface area contributed by atoms with Gasteiger partial charge in [0.2, 0.25) is 0 Å². The molecule has 0 saturated carbocycles. The SMILES string of the molecule is COCCCCNCc1cc(C)c(O)c(C)c1. The molecule has 0 spiro atoms. The molecule has 0 heterocycles. The zero-order valence-corrected chi connectivity index (χ0v) is 11.0. The number of ether oxygens (including phenoxy) is 1. The minimum absolute atomic E-state index is 0.411. The molecule has 0 unspecified atom stereocenters. The summed E-state index contributed by atoms with van der Waals surface area (Å²) in [5.41, 5.74) is 3.12. The third kappa shape index (κ3) is 4.75. The summed E-state index contributed by atoms with van der Waals surface area (Å²) in [6.07, 6.45) is 2.22. The van der Waals surface area contributed by atoms with Crippen molar-refractivity contribution in [2.75, 3.05) is 20.3 Å². The highest BCUT2D eigenvalue weighted by Crippen LogP contribution is 2.22. The van der Waals surface area contributed by atoms with E-state index in [2.05, 4.69) is 5.32 Å². The molecule has 0 amide bonds. The molecule has 1 aromatic carbocycles. The van der Waals surface area contributed by atoms with Gasteiger partial charge in [-0.1, -0.05) is 12.1 Å². The quantitative estimate of drug-likeness (QED) is 0.716. The molecule has 0 aliphatic rings. The fraction of sp³-hybridized carbons (Fsp3) is 0.571. The minimum atomic E-state index is 0.411. The van der Waals surface area contributed by atoms with Gasteiger partial charge in [-0.2, -0.15) is 0 Å². The van der Waals surface area contributed by atoms with E-state index in [1.54, 1.807) is 7.11 Å². The van der Waals surface area contributed by atoms with E-state index in [0.717, 1.165) is 43.7 Å². The van der Waals surface area contributed by atoms with Crippen LogP contribution in [0.25, 0.3) is 0 Å². The van der Waals surface area contributed by atoms with Gasteiger partial charge in [-0.05, 0) is 49.9 Å². The maximum atomic E-state index is 9.67. The van der Waals surface area contributed by atoms with Crippen molar-refractivity contribution in [3.05, 3.63) is 28.8 Å². The summed E-state index contributed by atoms with van der Waals surface area (Å²) in [5, 5.41) is 13.1. The monoisotopic (exact) mass is 237 g/mol. The molecule has 0 fully saturated rings. The molecule has 1 aromatic rings. The van der Waals surface area contributed by atoms with Crippen LogP contribution in [0.1, 0.15) is 29.5 Å². The van der Waals surface area contributed by atoms with Crippen molar-refractivity contribution in [3.63, 3.8) is 0 Å². The lowest BCUT2D eigenvalue weighted by molar-refractivity contribution is 0.192. The third-order valence-electron chi connectivity index (χ3n) is 2.83. The van der Waals surface area contributed by atoms with Crippen molar-refractivity contribution < 1.29 is 9.84 Å². The van der Waals surface area contributed by atoms with E-state index >= 15 is 0 Å². The van der Waals surface area contributed by atoms with E-state index < -0.39 is 0 Å². The first-order valence-electron chi connectivity index (χ1n) is 6.14. The zero-order valence-electron chi connectivity index (χ0n) is 11.0. The molecule has 0 aliphatic carbocycles. The Labute approximate surface area is 104 Å². The van der Waals surface area contributed by atoms with Gasteiger partial charge in [0.15, 0.2) is 0 Å². The molecule has 2 N–H and O–H groups in total. The molecule has 3 nitrogen and oxygen atoms in total. The lowest BCUT2D eigenvalue weighted by Gasteiger charge is -2.09. The number of hydrogen-bond donors (Lipinski definition) is 2. The number of hydrogen-bond acceptors (Lipinski definition) is 3. The van der Waals surface area contributed by atoms with Gasteiger partial charge in [0.25, 0.3) is 0 Å². The smallest absolute Gasteiger partial charge is 0.121 e. The minimum Gasteiger partial charge on any atom is -0.507 e. The standard InChI is InChI=1S/C14H23NO2/c1-11-8-13(9-12(2)14(11)16)10-15-6-4-5-7-17-3/h8-9,15-16H,4-7,10H2,1-3H3. The summed E-state index contributed by atoms with van der Waals surface area (Å²) < 4.78 is 5.00. The maximum absolute atomic E-state index is 9.67. The summed E-state index contributed by atoms with van der Waals surface area (Å²) in [5.74, 6) is 0.411. The lowest BCUT2D eigenvalue weighted by Crippen LogP contribution is -2.15. The van der Waals surface area contributed by atoms with Crippen LogP contribution in [0.2, 0.25) is 0 Å². The predicted octanol–water partition coefficient (Wildman–Crippen LogP) is 2.53. The summed E-state index contributed by atoms with van der Waals surface area (Å²) in [7, 11) is 1.73. The number of methoxy groups -OCH3 is 1. The van der Waals surface area contributed by atoms with Gasteiger partial charge in [0, 0.05) is 20.3 Å². The number of benzene rings is 1. The van der Waals surface area contributed by atoms with Crippen LogP contribution < -0.4 is 5.32 Å². The predicted molar refractivity (Wildman–Crippen MR) is 70.4 cm³/mol. The van der Waals surface area contributed by atoms with Crippen LogP contribution in [-0.4, -0.2) is 25.4 Å². The average molecular weight is 237 g/mol. The van der Waals surface area contributed by atoms with Crippen molar-refractivity contribution in [2.24, 2.45) is 0 Å². The fourth-order valence-electron chi connectivity index (χ4n) is 1.88. The van der Waals surface area contributed by atoms with Gasteiger partial charge in [-0.25, -0.2) is 0 Å². The summed E-state index contributed by atoms with van der Waals surface area (Å²) in [6, 6.07) is 4.06. The number of nitrogens with one attached hydrogen (secondary N) is 1. The van der Waals surface area contributed by atoms with Gasteiger partial charge in [0.1, 0.15) is 5.75 Å². The van der Waals surface area contributed by atoms with Gasteiger partial charge in [0.05, 0.1) is 0 Å². The van der Waals surface area contributed by atoms with Crippen molar-refractivity contribution >= 4 is 0 Å². The van der Waals surface area contributed by atoms with Crippen LogP contribution in [0.15, 0.2) is 12.1 Å². The number of phenols is 1. The molecule has 1 rings (SSSR count). The summed E-state index contributed by atoms with van der Waals surface area (Å²) >= 11 is 0. The molecule has 0 radical (unpaired) electrons. The van der Waals surface area contributed by atoms with Gasteiger partial charge < -0.3 is 15.2 Å². The average Bonchev–Trinajstić information content (AvgIpc) is 2.30. The Morgan fingerprint density at radius 2 is 1.82 bits per heavy atom. The first-order valence-corrected chi connectivity index (χ1v) is 6.14. The van der Waals surface area contributed by atoms with Crippen molar-refractivity contribution in [1.29, 1.82) is 0 Å². The van der Waals surface area contributed by atoms with Crippen molar-refractivity contribution in [1.82, 2.24) is 5.32 Å². The Morgan fingerprint density at radius 3 is 2.41 bits per heavy atom. The van der Waals surface area contributed by atoms with Gasteiger partial charge in [-0.3, -0.25) is 0 Å².